The number of nitrogens with one attached hydrogen (secondary N) is 6. The van der Waals surface area contributed by atoms with Crippen LogP contribution in [0.1, 0.15) is 212 Å². The van der Waals surface area contributed by atoms with Gasteiger partial charge in [0.15, 0.2) is 40.5 Å². The molecule has 1 aromatic rings. The molecule has 1 aromatic carbocycles. The van der Waals surface area contributed by atoms with Crippen molar-refractivity contribution in [3.8, 4) is 0 Å². The van der Waals surface area contributed by atoms with E-state index in [1.807, 2.05) is 27.7 Å². The monoisotopic (exact) mass is 1540 g/mol. The summed E-state index contributed by atoms with van der Waals surface area (Å²) in [6, 6.07) is -2.85. The summed E-state index contributed by atoms with van der Waals surface area (Å²) in [6.07, 6.45) is -6.44. The van der Waals surface area contributed by atoms with E-state index in [0.717, 1.165) is 6.92 Å². The van der Waals surface area contributed by atoms with Gasteiger partial charge in [0, 0.05) is 126 Å². The molecule has 1 saturated heterocycles. The summed E-state index contributed by atoms with van der Waals surface area (Å²) < 4.78 is 5.70. The zero-order valence-corrected chi connectivity index (χ0v) is 63.6. The van der Waals surface area contributed by atoms with Crippen molar-refractivity contribution < 1.29 is 121 Å². The van der Waals surface area contributed by atoms with Crippen LogP contribution in [0.5, 0.6) is 0 Å². The second-order valence-electron chi connectivity index (χ2n) is 28.1. The van der Waals surface area contributed by atoms with Crippen LogP contribution in [-0.2, 0) is 97.5 Å². The summed E-state index contributed by atoms with van der Waals surface area (Å²) in [5.41, 5.74) is 6.32. The Morgan fingerprint density at radius 2 is 0.944 bits per heavy atom. The van der Waals surface area contributed by atoms with Crippen molar-refractivity contribution in [2.75, 3.05) is 38.3 Å². The molecule has 108 heavy (non-hydrogen) atoms. The number of carboxylic acids is 5. The largest absolute Gasteiger partial charge is 0.481 e. The molecule has 1 aliphatic heterocycles. The third kappa shape index (κ3) is 38.1. The van der Waals surface area contributed by atoms with Crippen LogP contribution in [0.3, 0.4) is 0 Å². The number of likely N-dealkylation sites (tertiary alicyclic amines) is 1. The topological polar surface area (TPSA) is 536 Å². The zero-order valence-electron chi connectivity index (χ0n) is 62.8. The molecule has 13 N–H and O–H groups in total. The van der Waals surface area contributed by atoms with Gasteiger partial charge in [-0.15, -0.1) is 0 Å². The van der Waals surface area contributed by atoms with Gasteiger partial charge >= 0.3 is 29.8 Å². The van der Waals surface area contributed by atoms with E-state index in [1.165, 1.54) is 47.9 Å². The maximum Gasteiger partial charge on any atom is 0.303 e. The Kier molecular flexibility index (Phi) is 44.3. The highest BCUT2D eigenvalue weighted by Gasteiger charge is 2.39. The van der Waals surface area contributed by atoms with Gasteiger partial charge < -0.3 is 72.8 Å². The summed E-state index contributed by atoms with van der Waals surface area (Å²) in [5, 5.41) is 63.7. The van der Waals surface area contributed by atoms with Gasteiger partial charge in [-0.05, 0) is 121 Å². The zero-order chi connectivity index (χ0) is 81.3. The fraction of sp³-hybridized carbons (Fsp3) is 0.662. The number of benzene rings is 1. The van der Waals surface area contributed by atoms with Crippen LogP contribution in [-0.4, -0.2) is 223 Å². The standard InChI is InChI=1S/C74H110N8O25S/c1-42(2)34-54(59(86)24-25-64(91)77-56(41-108-7)60(87)35-43(3)4)81-74(106)57-13-10-32-82(57)65(92)40-107-33-11-14-58(85)55(36-46-15-17-47(18-16-46)44(5)83)80-73(105)50(21-28-68(97)98)39-63(90)53(23-30-70(101)102)79-72(104)49(20-27-67(95)96)38-62(89)52(22-29-69(99)100)78-71(103)48(19-26-66(93)94)37-61(88)51(76-45(6)84)12-8-9-31-75/h15-18,42-43,48-57H,8-14,19-41,75H2,1-7H3,(H,76,84)(H,77,91)(H,78,103)(H,79,104)(H,80,105)(H,81,106)(H,93,94)(H,95,96)(H,97,98)(H,99,100)(H,101,102)/t48-,49-,50-,51+,52+,53+,54-,55-,56-,57-/m0/s1. The van der Waals surface area contributed by atoms with Crippen LogP contribution in [0.2, 0.25) is 0 Å². The van der Waals surface area contributed by atoms with Crippen LogP contribution in [0.4, 0.5) is 0 Å². The first-order chi connectivity index (χ1) is 50.8. The molecule has 33 nitrogen and oxygen atoms in total. The number of ether oxygens (including phenoxy) is 1. The third-order valence-electron chi connectivity index (χ3n) is 18.0. The Morgan fingerprint density at radius 1 is 0.491 bits per heavy atom. The van der Waals surface area contributed by atoms with Gasteiger partial charge in [-0.3, -0.25) is 91.1 Å². The number of hydrogen-bond donors (Lipinski definition) is 12. The number of rotatable bonds is 59. The van der Waals surface area contributed by atoms with Crippen molar-refractivity contribution in [1.82, 2.24) is 36.8 Å². The lowest BCUT2D eigenvalue weighted by Crippen LogP contribution is -2.52. The second kappa shape index (κ2) is 50.4. The number of carbonyl (C=O) groups is 19. The lowest BCUT2D eigenvalue weighted by Gasteiger charge is -2.27. The predicted octanol–water partition coefficient (Wildman–Crippen LogP) is 3.27. The minimum absolute atomic E-state index is 0.0476. The molecule has 1 heterocycles. The number of amides is 7. The lowest BCUT2D eigenvalue weighted by molar-refractivity contribution is -0.142. The number of nitrogens with zero attached hydrogens (tertiary/aromatic N) is 1. The molecule has 0 saturated carbocycles. The van der Waals surface area contributed by atoms with Crippen molar-refractivity contribution in [3.63, 3.8) is 0 Å². The number of Topliss-reactive ketones (excluding diaryl/α,β-unsaturated/α-hetero) is 7. The molecule has 0 spiro atoms. The number of hydrogen-bond acceptors (Lipinski definition) is 22. The molecular formula is C74H110N8O25S. The first kappa shape index (κ1) is 94.9. The van der Waals surface area contributed by atoms with E-state index in [-0.39, 0.29) is 101 Å². The van der Waals surface area contributed by atoms with Gasteiger partial charge in [0.05, 0.1) is 36.3 Å². The number of carbonyl (C=O) groups excluding carboxylic acids is 14. The van der Waals surface area contributed by atoms with E-state index in [4.69, 9.17) is 10.5 Å². The number of carboxylic acid groups (broad SMARTS) is 5. The van der Waals surface area contributed by atoms with Crippen LogP contribution in [0.25, 0.3) is 0 Å². The van der Waals surface area contributed by atoms with Crippen molar-refractivity contribution in [3.05, 3.63) is 35.4 Å². The molecule has 0 bridgehead atoms. The first-order valence-corrected chi connectivity index (χ1v) is 37.9. The van der Waals surface area contributed by atoms with Gasteiger partial charge in [-0.25, -0.2) is 0 Å². The van der Waals surface area contributed by atoms with E-state index < -0.39 is 250 Å². The Morgan fingerprint density at radius 3 is 1.38 bits per heavy atom. The molecule has 0 aromatic heterocycles. The molecule has 1 fully saturated rings. The number of nitrogens with two attached hydrogens (primary N) is 1. The fourth-order valence-corrected chi connectivity index (χ4v) is 12.8. The first-order valence-electron chi connectivity index (χ1n) is 36.5. The molecule has 7 amide bonds. The van der Waals surface area contributed by atoms with Gasteiger partial charge in [-0.1, -0.05) is 52.0 Å². The summed E-state index contributed by atoms with van der Waals surface area (Å²) in [7, 11) is 0. The molecule has 1 aliphatic rings. The maximum atomic E-state index is 14.5. The van der Waals surface area contributed by atoms with Crippen LogP contribution in [0.15, 0.2) is 24.3 Å². The highest BCUT2D eigenvalue weighted by atomic mass is 32.2. The Balaban J connectivity index is 2.41. The van der Waals surface area contributed by atoms with E-state index in [0.29, 0.717) is 36.1 Å². The van der Waals surface area contributed by atoms with Crippen molar-refractivity contribution in [2.45, 2.75) is 244 Å². The number of unbranched alkanes of at least 4 members (excludes halogenated alkanes) is 1. The van der Waals surface area contributed by atoms with Crippen LogP contribution >= 0.6 is 11.8 Å². The summed E-state index contributed by atoms with van der Waals surface area (Å²) in [6.45, 7) is 9.66. The lowest BCUT2D eigenvalue weighted by atomic mass is 9.88. The van der Waals surface area contributed by atoms with E-state index >= 15 is 0 Å². The third-order valence-corrected chi connectivity index (χ3v) is 18.7. The van der Waals surface area contributed by atoms with Crippen LogP contribution < -0.4 is 37.6 Å². The summed E-state index contributed by atoms with van der Waals surface area (Å²) >= 11 is 1.40. The SMILES string of the molecule is CSC[C@H](NC(=O)CCC(=O)[C@H](CC(C)C)NC(=O)[C@@H]1CCCN1C(=O)COCCCC(=O)[C@H](Cc1ccc(C(C)=O)cc1)NC(=O)[C@@H](CCC(=O)O)CC(=O)[C@@H](CCC(=O)O)NC(=O)[C@@H](CCC(=O)O)CC(=O)[C@@H](CCC(=O)O)NC(=O)[C@@H](CCC(=O)O)CC(=O)[C@@H](CCCCN)NC(C)=O)C(=O)CC(C)C. The fourth-order valence-electron chi connectivity index (χ4n) is 12.2. The van der Waals surface area contributed by atoms with Gasteiger partial charge in [0.25, 0.3) is 0 Å². The molecule has 2 rings (SSSR count). The minimum atomic E-state index is -1.84. The van der Waals surface area contributed by atoms with Crippen molar-refractivity contribution in [2.24, 2.45) is 35.3 Å². The Bertz CT molecular complexity index is 3310. The summed E-state index contributed by atoms with van der Waals surface area (Å²) in [4.78, 5) is 251. The van der Waals surface area contributed by atoms with Gasteiger partial charge in [-0.2, -0.15) is 11.8 Å². The van der Waals surface area contributed by atoms with E-state index in [9.17, 15) is 117 Å². The maximum absolute atomic E-state index is 14.5. The molecule has 0 aliphatic carbocycles. The average Bonchev–Trinajstić information content (AvgIpc) is 1.51. The number of ketones is 7. The molecule has 34 heteroatoms. The Hall–Kier alpha value is -9.18. The predicted molar refractivity (Wildman–Crippen MR) is 390 cm³/mol. The molecule has 0 unspecified atom stereocenters. The van der Waals surface area contributed by atoms with Gasteiger partial charge in [0.1, 0.15) is 12.6 Å². The van der Waals surface area contributed by atoms with Gasteiger partial charge in [0.2, 0.25) is 41.4 Å². The van der Waals surface area contributed by atoms with Crippen molar-refractivity contribution >= 4 is 123 Å². The van der Waals surface area contributed by atoms with Crippen LogP contribution in [0, 0.1) is 29.6 Å². The number of aliphatic carboxylic acids is 5. The highest BCUT2D eigenvalue weighted by molar-refractivity contribution is 7.98. The minimum Gasteiger partial charge on any atom is -0.481 e. The highest BCUT2D eigenvalue weighted by Crippen LogP contribution is 2.24. The second-order valence-corrected chi connectivity index (χ2v) is 29.0. The molecule has 0 radical (unpaired) electrons. The molecular weight excluding hydrogens is 1430 g/mol. The summed E-state index contributed by atoms with van der Waals surface area (Å²) in [5.74, 6) is -21.5. The Labute approximate surface area is 632 Å². The molecule has 602 valence electrons. The van der Waals surface area contributed by atoms with Crippen molar-refractivity contribution in [1.29, 1.82) is 0 Å². The number of thioether (sulfide) groups is 1. The van der Waals surface area contributed by atoms with E-state index in [2.05, 4.69) is 31.9 Å². The quantitative estimate of drug-likeness (QED) is 0.0329. The normalized spacial score (nSPS) is 15.1. The average molecular weight is 1540 g/mol. The molecule has 10 atom stereocenters. The smallest absolute Gasteiger partial charge is 0.303 e. The van der Waals surface area contributed by atoms with E-state index in [1.54, 1.807) is 6.26 Å².